The van der Waals surface area contributed by atoms with Crippen LogP contribution in [0, 0.1) is 13.7 Å². The zero-order valence-electron chi connectivity index (χ0n) is 37.5. The highest BCUT2D eigenvalue weighted by molar-refractivity contribution is 6.23. The Labute approximate surface area is 346 Å². The van der Waals surface area contributed by atoms with Gasteiger partial charge >= 0.3 is 0 Å². The van der Waals surface area contributed by atoms with Crippen LogP contribution in [0.5, 0.6) is 0 Å². The molecule has 2 nitrogen and oxygen atoms in total. The molecule has 11 aromatic rings. The van der Waals surface area contributed by atoms with Gasteiger partial charge in [0.2, 0.25) is 0 Å². The van der Waals surface area contributed by atoms with Crippen molar-refractivity contribution in [2.45, 2.75) is 13.7 Å². The highest BCUT2D eigenvalue weighted by atomic mass is 15.0. The van der Waals surface area contributed by atoms with Crippen molar-refractivity contribution in [1.29, 1.82) is 0 Å². The minimum Gasteiger partial charge on any atom is -0.309 e. The van der Waals surface area contributed by atoms with Crippen LogP contribution in [0.15, 0.2) is 206 Å². The van der Waals surface area contributed by atoms with E-state index < -0.39 is 13.7 Å². The lowest BCUT2D eigenvalue weighted by molar-refractivity contribution is 1.16. The van der Waals surface area contributed by atoms with E-state index >= 15 is 0 Å². The van der Waals surface area contributed by atoms with E-state index in [1.54, 1.807) is 0 Å². The van der Waals surface area contributed by atoms with E-state index in [-0.39, 0.29) is 11.1 Å². The summed E-state index contributed by atoms with van der Waals surface area (Å²) in [7, 11) is 0. The van der Waals surface area contributed by atoms with E-state index in [1.165, 1.54) is 0 Å². The molecule has 0 N–H and O–H groups in total. The zero-order chi connectivity index (χ0) is 43.7. The van der Waals surface area contributed by atoms with Crippen molar-refractivity contribution in [3.05, 3.63) is 217 Å². The number of hydrogen-bond acceptors (Lipinski definition) is 0. The van der Waals surface area contributed by atoms with Crippen LogP contribution in [0.25, 0.3) is 99.5 Å². The van der Waals surface area contributed by atoms with Gasteiger partial charge in [0, 0.05) is 41.1 Å². The van der Waals surface area contributed by atoms with Gasteiger partial charge in [0.05, 0.1) is 22.1 Å². The van der Waals surface area contributed by atoms with E-state index in [2.05, 4.69) is 84.9 Å². The van der Waals surface area contributed by atoms with Gasteiger partial charge in [0.25, 0.3) is 0 Å². The minimum atomic E-state index is -2.69. The summed E-state index contributed by atoms with van der Waals surface area (Å²) >= 11 is 0. The Morgan fingerprint density at radius 3 is 0.914 bits per heavy atom. The molecule has 0 radical (unpaired) electrons. The largest absolute Gasteiger partial charge is 0.309 e. The first-order valence-electron chi connectivity index (χ1n) is 22.6. The molecule has 0 spiro atoms. The van der Waals surface area contributed by atoms with Gasteiger partial charge in [0.1, 0.15) is 0 Å². The first-order chi connectivity index (χ1) is 31.0. The summed E-state index contributed by atoms with van der Waals surface area (Å²) in [4.78, 5) is 0. The third-order valence-corrected chi connectivity index (χ3v) is 11.5. The second-order valence-corrected chi connectivity index (χ2v) is 14.9. The lowest BCUT2D eigenvalue weighted by Crippen LogP contribution is -2.00. The van der Waals surface area contributed by atoms with E-state index in [0.717, 1.165) is 55.9 Å². The zero-order valence-corrected chi connectivity index (χ0v) is 31.5. The Balaban J connectivity index is 1.35. The number of para-hydroxylation sites is 2. The molecule has 2 aromatic heterocycles. The van der Waals surface area contributed by atoms with Gasteiger partial charge in [0.15, 0.2) is 0 Å². The summed E-state index contributed by atoms with van der Waals surface area (Å²) in [6, 6.07) is 68.6. The number of rotatable bonds is 6. The molecule has 0 fully saturated rings. The molecular weight excluding hydrogens is 701 g/mol. The minimum absolute atomic E-state index is 0.102. The topological polar surface area (TPSA) is 9.86 Å². The molecular formula is C56H40N2. The van der Waals surface area contributed by atoms with Crippen molar-refractivity contribution in [2.75, 3.05) is 0 Å². The van der Waals surface area contributed by atoms with Crippen molar-refractivity contribution in [3.63, 3.8) is 0 Å². The van der Waals surface area contributed by atoms with Gasteiger partial charge in [-0.05, 0) is 118 Å². The quantitative estimate of drug-likeness (QED) is 0.160. The molecule has 0 aliphatic rings. The molecule has 11 rings (SSSR count). The van der Waals surface area contributed by atoms with Gasteiger partial charge in [-0.2, -0.15) is 0 Å². The fraction of sp³-hybridized carbons (Fsp3) is 0.0357. The molecule has 0 bridgehead atoms. The Kier molecular flexibility index (Phi) is 6.60. The molecule has 0 aliphatic carbocycles. The average Bonchev–Trinajstić information content (AvgIpc) is 3.84. The van der Waals surface area contributed by atoms with E-state index in [1.807, 2.05) is 130 Å². The molecule has 9 aromatic carbocycles. The molecule has 2 heteroatoms. The standard InChI is InChI=1S/C56H40N2/c1-37-53-49-27-15-17-29-51(49)58(48-35-45(41-23-11-5-12-24-41)32-46(36-48)42-25-13-6-14-26-42)56(53)38(2)54-50-28-16-18-30-52(50)57(55(37)54)47-33-43(39-19-7-3-8-20-39)31-44(34-47)40-21-9-4-10-22-40/h3-36H,1-2H3/i1D3,2D3. The summed E-state index contributed by atoms with van der Waals surface area (Å²) in [5.41, 5.74) is 11.6. The fourth-order valence-corrected chi connectivity index (χ4v) is 8.90. The second kappa shape index (κ2) is 13.7. The number of fused-ring (bicyclic) bond motifs is 6. The maximum absolute atomic E-state index is 9.50. The third-order valence-electron chi connectivity index (χ3n) is 11.5. The molecule has 0 unspecified atom stereocenters. The summed E-state index contributed by atoms with van der Waals surface area (Å²) in [5, 5.41) is 2.10. The molecule has 0 saturated heterocycles. The molecule has 0 atom stereocenters. The van der Waals surface area contributed by atoms with Crippen molar-refractivity contribution < 1.29 is 8.22 Å². The predicted octanol–water partition coefficient (Wildman–Crippen LogP) is 15.2. The fourth-order valence-electron chi connectivity index (χ4n) is 8.90. The van der Waals surface area contributed by atoms with Gasteiger partial charge in [-0.1, -0.05) is 158 Å². The van der Waals surface area contributed by atoms with Crippen LogP contribution in [0.4, 0.5) is 0 Å². The van der Waals surface area contributed by atoms with Gasteiger partial charge in [-0.3, -0.25) is 0 Å². The van der Waals surface area contributed by atoms with Crippen LogP contribution in [0.2, 0.25) is 0 Å². The van der Waals surface area contributed by atoms with Crippen LogP contribution < -0.4 is 0 Å². The number of hydrogen-bond donors (Lipinski definition) is 0. The van der Waals surface area contributed by atoms with Gasteiger partial charge in [-0.25, -0.2) is 0 Å². The number of benzene rings is 9. The summed E-state index contributed by atoms with van der Waals surface area (Å²) in [6.45, 7) is -5.38. The molecule has 0 amide bonds. The van der Waals surface area contributed by atoms with E-state index in [0.29, 0.717) is 43.6 Å². The SMILES string of the molecule is [2H]C([2H])([2H])c1c2c3ccccc3n(-c3cc(-c4ccccc4)cc(-c4ccccc4)c3)c2c(C([2H])([2H])[2H])c2c3ccccc3n(-c3cc(-c4ccccc4)cc(-c4ccccc4)c3)c12. The van der Waals surface area contributed by atoms with Crippen LogP contribution in [0.3, 0.4) is 0 Å². The number of aryl methyl sites for hydroxylation is 2. The van der Waals surface area contributed by atoms with Crippen molar-refractivity contribution >= 4 is 43.6 Å². The molecule has 0 saturated carbocycles. The number of nitrogens with zero attached hydrogens (tertiary/aromatic N) is 2. The second-order valence-electron chi connectivity index (χ2n) is 14.9. The average molecular weight is 747 g/mol. The Morgan fingerprint density at radius 1 is 0.310 bits per heavy atom. The maximum Gasteiger partial charge on any atom is 0.0580 e. The molecule has 58 heavy (non-hydrogen) atoms. The highest BCUT2D eigenvalue weighted by Crippen LogP contribution is 2.46. The maximum atomic E-state index is 9.50. The normalized spacial score (nSPS) is 13.6. The summed E-state index contributed by atoms with van der Waals surface area (Å²) < 4.78 is 61.0. The smallest absolute Gasteiger partial charge is 0.0580 e. The van der Waals surface area contributed by atoms with Crippen molar-refractivity contribution in [3.8, 4) is 55.9 Å². The Bertz CT molecular complexity index is 3200. The predicted molar refractivity (Wildman–Crippen MR) is 246 cm³/mol. The third kappa shape index (κ3) is 5.41. The van der Waals surface area contributed by atoms with Crippen LogP contribution in [-0.2, 0) is 0 Å². The first-order valence-corrected chi connectivity index (χ1v) is 19.6. The lowest BCUT2D eigenvalue weighted by atomic mass is 9.97. The van der Waals surface area contributed by atoms with Crippen LogP contribution in [0.1, 0.15) is 19.4 Å². The monoisotopic (exact) mass is 746 g/mol. The Morgan fingerprint density at radius 2 is 0.603 bits per heavy atom. The molecule has 2 heterocycles. The Hall–Kier alpha value is -7.42. The molecule has 0 aliphatic heterocycles. The van der Waals surface area contributed by atoms with E-state index in [9.17, 15) is 8.22 Å². The van der Waals surface area contributed by atoms with Crippen LogP contribution in [-0.4, -0.2) is 9.13 Å². The highest BCUT2D eigenvalue weighted by Gasteiger charge is 2.25. The first kappa shape index (κ1) is 28.0. The molecule has 274 valence electrons. The van der Waals surface area contributed by atoms with Crippen molar-refractivity contribution in [1.82, 2.24) is 9.13 Å². The number of aromatic nitrogens is 2. The van der Waals surface area contributed by atoms with E-state index in [4.69, 9.17) is 0 Å². The van der Waals surface area contributed by atoms with Crippen LogP contribution >= 0.6 is 0 Å². The summed E-state index contributed by atoms with van der Waals surface area (Å²) in [5.74, 6) is 0. The summed E-state index contributed by atoms with van der Waals surface area (Å²) in [6.07, 6.45) is 0. The van der Waals surface area contributed by atoms with Gasteiger partial charge in [-0.15, -0.1) is 0 Å². The van der Waals surface area contributed by atoms with Gasteiger partial charge < -0.3 is 9.13 Å². The van der Waals surface area contributed by atoms with Crippen molar-refractivity contribution in [2.24, 2.45) is 0 Å². The lowest BCUT2D eigenvalue weighted by Gasteiger charge is -2.17.